The van der Waals surface area contributed by atoms with Gasteiger partial charge in [-0.2, -0.15) is 0 Å². The molecular formula is C27H38N4O2. The number of likely N-dealkylation sites (N-methyl/N-ethyl adjacent to an activating group) is 1. The summed E-state index contributed by atoms with van der Waals surface area (Å²) < 4.78 is 0. The number of rotatable bonds is 9. The molecule has 1 aliphatic rings. The van der Waals surface area contributed by atoms with Gasteiger partial charge >= 0.3 is 6.03 Å². The molecule has 1 saturated heterocycles. The Labute approximate surface area is 198 Å². The fraction of sp³-hybridized carbons (Fsp3) is 0.481. The second-order valence-electron chi connectivity index (χ2n) is 8.67. The Morgan fingerprint density at radius 3 is 2.52 bits per heavy atom. The summed E-state index contributed by atoms with van der Waals surface area (Å²) in [5, 5.41) is 6.06. The highest BCUT2D eigenvalue weighted by molar-refractivity contribution is 5.94. The number of piperidine rings is 1. The van der Waals surface area contributed by atoms with E-state index in [2.05, 4.69) is 42.4 Å². The van der Waals surface area contributed by atoms with E-state index in [1.54, 1.807) is 0 Å². The lowest BCUT2D eigenvalue weighted by molar-refractivity contribution is 0.0948. The zero-order chi connectivity index (χ0) is 23.6. The van der Waals surface area contributed by atoms with E-state index in [0.29, 0.717) is 18.7 Å². The van der Waals surface area contributed by atoms with Gasteiger partial charge in [-0.1, -0.05) is 45.0 Å². The molecule has 6 nitrogen and oxygen atoms in total. The van der Waals surface area contributed by atoms with Crippen molar-refractivity contribution in [1.82, 2.24) is 15.1 Å². The van der Waals surface area contributed by atoms with Crippen LogP contribution in [0, 0.1) is 0 Å². The highest BCUT2D eigenvalue weighted by Gasteiger charge is 2.25. The van der Waals surface area contributed by atoms with E-state index in [1.165, 1.54) is 5.56 Å². The minimum absolute atomic E-state index is 0.0371. The first kappa shape index (κ1) is 24.8. The van der Waals surface area contributed by atoms with Crippen molar-refractivity contribution in [2.24, 2.45) is 0 Å². The van der Waals surface area contributed by atoms with E-state index >= 15 is 0 Å². The first-order valence-electron chi connectivity index (χ1n) is 12.3. The van der Waals surface area contributed by atoms with Gasteiger partial charge in [0, 0.05) is 43.3 Å². The lowest BCUT2D eigenvalue weighted by Crippen LogP contribution is -2.41. The molecule has 3 rings (SSSR count). The normalized spacial score (nSPS) is 16.0. The molecule has 0 spiro atoms. The monoisotopic (exact) mass is 450 g/mol. The summed E-state index contributed by atoms with van der Waals surface area (Å²) in [7, 11) is 0. The van der Waals surface area contributed by atoms with Crippen LogP contribution < -0.4 is 10.6 Å². The lowest BCUT2D eigenvalue weighted by atomic mass is 9.89. The van der Waals surface area contributed by atoms with Crippen LogP contribution >= 0.6 is 0 Å². The average Bonchev–Trinajstić information content (AvgIpc) is 2.87. The molecule has 6 heteroatoms. The van der Waals surface area contributed by atoms with Gasteiger partial charge in [-0.25, -0.2) is 4.79 Å². The zero-order valence-electron chi connectivity index (χ0n) is 20.3. The number of amides is 3. The van der Waals surface area contributed by atoms with Gasteiger partial charge in [0.1, 0.15) is 0 Å². The molecule has 178 valence electrons. The molecule has 3 amide bonds. The van der Waals surface area contributed by atoms with Crippen molar-refractivity contribution in [2.75, 3.05) is 44.6 Å². The largest absolute Gasteiger partial charge is 0.351 e. The van der Waals surface area contributed by atoms with Crippen LogP contribution in [0.2, 0.25) is 0 Å². The van der Waals surface area contributed by atoms with E-state index in [0.717, 1.165) is 56.7 Å². The van der Waals surface area contributed by atoms with Crippen LogP contribution in [0.1, 0.15) is 61.0 Å². The van der Waals surface area contributed by atoms with E-state index in [-0.39, 0.29) is 17.9 Å². The van der Waals surface area contributed by atoms with Gasteiger partial charge in [0.05, 0.1) is 0 Å². The first-order valence-corrected chi connectivity index (χ1v) is 12.3. The number of aryl methyl sites for hydroxylation is 1. The van der Waals surface area contributed by atoms with E-state index < -0.39 is 0 Å². The van der Waals surface area contributed by atoms with Crippen LogP contribution in [-0.2, 0) is 6.42 Å². The third-order valence-corrected chi connectivity index (χ3v) is 6.55. The summed E-state index contributed by atoms with van der Waals surface area (Å²) in [4.78, 5) is 29.7. The Bertz CT molecular complexity index is 909. The van der Waals surface area contributed by atoms with Crippen molar-refractivity contribution in [3.8, 4) is 0 Å². The molecule has 2 N–H and O–H groups in total. The molecule has 2 aromatic carbocycles. The Kier molecular flexibility index (Phi) is 9.31. The molecule has 0 unspecified atom stereocenters. The number of carbonyl (C=O) groups excluding carboxylic acids is 2. The number of anilines is 1. The molecule has 1 atom stereocenters. The number of nitrogens with zero attached hydrogens (tertiary/aromatic N) is 2. The van der Waals surface area contributed by atoms with Crippen molar-refractivity contribution < 1.29 is 9.59 Å². The summed E-state index contributed by atoms with van der Waals surface area (Å²) in [6, 6.07) is 15.8. The lowest BCUT2D eigenvalue weighted by Gasteiger charge is -2.33. The molecule has 0 bridgehead atoms. The average molecular weight is 451 g/mol. The number of nitrogens with one attached hydrogen (secondary N) is 2. The SMILES string of the molecule is CCc1ccc(NC(=O)N2CCC[C@H](c3cccc(C(=O)NCCN(CC)CC)c3)C2)cc1. The minimum atomic E-state index is -0.0609. The highest BCUT2D eigenvalue weighted by Crippen LogP contribution is 2.28. The van der Waals surface area contributed by atoms with Gasteiger partial charge in [0.15, 0.2) is 0 Å². The molecular weight excluding hydrogens is 412 g/mol. The fourth-order valence-corrected chi connectivity index (χ4v) is 4.36. The number of hydrogen-bond donors (Lipinski definition) is 2. The maximum absolute atomic E-state index is 12.8. The molecule has 1 fully saturated rings. The number of likely N-dealkylation sites (tertiary alicyclic amines) is 1. The number of benzene rings is 2. The smallest absolute Gasteiger partial charge is 0.321 e. The van der Waals surface area contributed by atoms with Gasteiger partial charge in [-0.05, 0) is 67.7 Å². The Hall–Kier alpha value is -2.86. The fourth-order valence-electron chi connectivity index (χ4n) is 4.36. The van der Waals surface area contributed by atoms with Crippen LogP contribution in [-0.4, -0.2) is 61.0 Å². The van der Waals surface area contributed by atoms with E-state index in [4.69, 9.17) is 0 Å². The van der Waals surface area contributed by atoms with Gasteiger partial charge in [0.25, 0.3) is 5.91 Å². The third kappa shape index (κ3) is 7.06. The van der Waals surface area contributed by atoms with Crippen molar-refractivity contribution in [2.45, 2.75) is 46.0 Å². The standard InChI is InChI=1S/C27H38N4O2/c1-4-21-12-14-25(15-13-21)29-27(33)31-17-8-11-24(20-31)22-9-7-10-23(19-22)26(32)28-16-18-30(5-2)6-3/h7,9-10,12-15,19,24H,4-6,8,11,16-18,20H2,1-3H3,(H,28,32)(H,29,33)/t24-/m0/s1. The van der Waals surface area contributed by atoms with Crippen molar-refractivity contribution in [1.29, 1.82) is 0 Å². The van der Waals surface area contributed by atoms with Crippen molar-refractivity contribution >= 4 is 17.6 Å². The Balaban J connectivity index is 1.57. The van der Waals surface area contributed by atoms with Crippen LogP contribution in [0.5, 0.6) is 0 Å². The number of urea groups is 1. The minimum Gasteiger partial charge on any atom is -0.351 e. The summed E-state index contributed by atoms with van der Waals surface area (Å²) in [5.41, 5.74) is 3.88. The van der Waals surface area contributed by atoms with Gasteiger partial charge in [-0.3, -0.25) is 4.79 Å². The van der Waals surface area contributed by atoms with Gasteiger partial charge in [-0.15, -0.1) is 0 Å². The predicted molar refractivity (Wildman–Crippen MR) is 135 cm³/mol. The topological polar surface area (TPSA) is 64.7 Å². The van der Waals surface area contributed by atoms with E-state index in [9.17, 15) is 9.59 Å². The molecule has 0 aliphatic carbocycles. The summed E-state index contributed by atoms with van der Waals surface area (Å²) in [5.74, 6) is 0.195. The number of hydrogen-bond acceptors (Lipinski definition) is 3. The Morgan fingerprint density at radius 1 is 1.06 bits per heavy atom. The second-order valence-corrected chi connectivity index (χ2v) is 8.67. The Morgan fingerprint density at radius 2 is 1.82 bits per heavy atom. The molecule has 0 aromatic heterocycles. The van der Waals surface area contributed by atoms with E-state index in [1.807, 2.05) is 47.4 Å². The van der Waals surface area contributed by atoms with Crippen LogP contribution in [0.3, 0.4) is 0 Å². The summed E-state index contributed by atoms with van der Waals surface area (Å²) in [6.07, 6.45) is 2.95. The van der Waals surface area contributed by atoms with Gasteiger partial charge in [0.2, 0.25) is 0 Å². The quantitative estimate of drug-likeness (QED) is 0.580. The zero-order valence-corrected chi connectivity index (χ0v) is 20.3. The van der Waals surface area contributed by atoms with Crippen LogP contribution in [0.15, 0.2) is 48.5 Å². The second kappa shape index (κ2) is 12.4. The maximum atomic E-state index is 12.8. The van der Waals surface area contributed by atoms with Crippen molar-refractivity contribution in [3.63, 3.8) is 0 Å². The molecule has 1 heterocycles. The van der Waals surface area contributed by atoms with Gasteiger partial charge < -0.3 is 20.4 Å². The number of carbonyl (C=O) groups is 2. The van der Waals surface area contributed by atoms with Crippen LogP contribution in [0.4, 0.5) is 10.5 Å². The predicted octanol–water partition coefficient (Wildman–Crippen LogP) is 4.73. The summed E-state index contributed by atoms with van der Waals surface area (Å²) in [6.45, 7) is 11.2. The van der Waals surface area contributed by atoms with Crippen molar-refractivity contribution in [3.05, 3.63) is 65.2 Å². The maximum Gasteiger partial charge on any atom is 0.321 e. The molecule has 33 heavy (non-hydrogen) atoms. The highest BCUT2D eigenvalue weighted by atomic mass is 16.2. The molecule has 2 aromatic rings. The summed E-state index contributed by atoms with van der Waals surface area (Å²) >= 11 is 0. The first-order chi connectivity index (χ1) is 16.0. The molecule has 0 saturated carbocycles. The molecule has 0 radical (unpaired) electrons. The molecule has 1 aliphatic heterocycles. The third-order valence-electron chi connectivity index (χ3n) is 6.55. The van der Waals surface area contributed by atoms with Crippen LogP contribution in [0.25, 0.3) is 0 Å².